The van der Waals surface area contributed by atoms with E-state index in [-0.39, 0.29) is 10.8 Å². The molecule has 204 valence electrons. The number of amides is 2. The number of carbonyl (C=O) groups is 3. The quantitative estimate of drug-likeness (QED) is 0.281. The molecule has 2 aromatic carbocycles. The highest BCUT2D eigenvalue weighted by atomic mass is 35.5. The summed E-state index contributed by atoms with van der Waals surface area (Å²) in [5, 5.41) is 12.7. The summed E-state index contributed by atoms with van der Waals surface area (Å²) in [6, 6.07) is 9.67. The average Bonchev–Trinajstić information content (AvgIpc) is 2.92. The largest absolute Gasteiger partial charge is 0.480 e. The van der Waals surface area contributed by atoms with Crippen molar-refractivity contribution in [3.05, 3.63) is 64.1 Å². The molecule has 2 aromatic rings. The highest BCUT2D eigenvalue weighted by Gasteiger charge is 2.30. The van der Waals surface area contributed by atoms with E-state index in [4.69, 9.17) is 23.2 Å². The van der Waals surface area contributed by atoms with Crippen molar-refractivity contribution < 1.29 is 27.9 Å². The third kappa shape index (κ3) is 7.73. The van der Waals surface area contributed by atoms with Crippen LogP contribution in [0, 0.1) is 5.92 Å². The number of aliphatic carboxylic acids is 1. The summed E-state index contributed by atoms with van der Waals surface area (Å²) in [5.74, 6) is -2.63. The van der Waals surface area contributed by atoms with Crippen LogP contribution in [-0.2, 0) is 24.4 Å². The standard InChI is InChI=1S/C25H27Cl2N3O6S2/c1-37-20-9-7-16(22(26)23(20)27)8-10-21(31)30-13-11-17(12-14-30)24(32)29-19(25(33)34)15-28-38(35,36)18-5-3-2-4-6-18/h2-10,17,19,28H,11-15H2,1H3,(H,29,32)(H,33,34)/b10-8+/t19-/m0/s1. The first-order chi connectivity index (χ1) is 18.0. The molecule has 0 radical (unpaired) electrons. The summed E-state index contributed by atoms with van der Waals surface area (Å²) in [7, 11) is -3.93. The van der Waals surface area contributed by atoms with Gasteiger partial charge in [-0.1, -0.05) is 47.5 Å². The highest BCUT2D eigenvalue weighted by Crippen LogP contribution is 2.35. The molecule has 3 rings (SSSR count). The third-order valence-electron chi connectivity index (χ3n) is 6.03. The van der Waals surface area contributed by atoms with E-state index in [0.29, 0.717) is 41.5 Å². The molecule has 0 bridgehead atoms. The van der Waals surface area contributed by atoms with Gasteiger partial charge in [-0.25, -0.2) is 17.9 Å². The molecule has 0 spiro atoms. The van der Waals surface area contributed by atoms with Gasteiger partial charge in [-0.3, -0.25) is 9.59 Å². The molecular formula is C25H27Cl2N3O6S2. The molecule has 2 amide bonds. The maximum atomic E-state index is 12.7. The molecule has 3 N–H and O–H groups in total. The maximum Gasteiger partial charge on any atom is 0.327 e. The van der Waals surface area contributed by atoms with Crippen molar-refractivity contribution in [1.29, 1.82) is 0 Å². The van der Waals surface area contributed by atoms with E-state index in [1.165, 1.54) is 30.0 Å². The first-order valence-corrected chi connectivity index (χ1v) is 15.1. The third-order valence-corrected chi connectivity index (χ3v) is 9.25. The zero-order valence-corrected chi connectivity index (χ0v) is 23.5. The lowest BCUT2D eigenvalue weighted by molar-refractivity contribution is -0.142. The van der Waals surface area contributed by atoms with Crippen LogP contribution in [0.2, 0.25) is 10.0 Å². The second kappa shape index (κ2) is 13.5. The number of likely N-dealkylation sites (tertiary alicyclic amines) is 1. The van der Waals surface area contributed by atoms with Gasteiger partial charge in [-0.15, -0.1) is 11.8 Å². The molecule has 1 heterocycles. The molecule has 1 atom stereocenters. The lowest BCUT2D eigenvalue weighted by Crippen LogP contribution is -2.51. The Kier molecular flexibility index (Phi) is 10.6. The van der Waals surface area contributed by atoms with Gasteiger partial charge in [0.1, 0.15) is 6.04 Å². The number of hydrogen-bond acceptors (Lipinski definition) is 6. The maximum absolute atomic E-state index is 12.7. The number of sulfonamides is 1. The second-order valence-corrected chi connectivity index (χ2v) is 11.9. The van der Waals surface area contributed by atoms with Gasteiger partial charge in [0.15, 0.2) is 0 Å². The van der Waals surface area contributed by atoms with Crippen LogP contribution in [-0.4, -0.2) is 68.1 Å². The van der Waals surface area contributed by atoms with Gasteiger partial charge in [0, 0.05) is 36.5 Å². The number of thioether (sulfide) groups is 1. The Morgan fingerprint density at radius 1 is 1.11 bits per heavy atom. The molecule has 1 aliphatic rings. The number of nitrogens with zero attached hydrogens (tertiary/aromatic N) is 1. The van der Waals surface area contributed by atoms with Crippen molar-refractivity contribution in [2.45, 2.75) is 28.7 Å². The van der Waals surface area contributed by atoms with Crippen LogP contribution in [0.3, 0.4) is 0 Å². The summed E-state index contributed by atoms with van der Waals surface area (Å²) < 4.78 is 27.0. The number of hydrogen-bond donors (Lipinski definition) is 3. The monoisotopic (exact) mass is 599 g/mol. The fourth-order valence-electron chi connectivity index (χ4n) is 3.83. The van der Waals surface area contributed by atoms with E-state index >= 15 is 0 Å². The van der Waals surface area contributed by atoms with Gasteiger partial charge < -0.3 is 15.3 Å². The summed E-state index contributed by atoms with van der Waals surface area (Å²) in [4.78, 5) is 39.4. The van der Waals surface area contributed by atoms with E-state index in [1.807, 2.05) is 12.3 Å². The van der Waals surface area contributed by atoms with Crippen LogP contribution in [0.4, 0.5) is 0 Å². The minimum absolute atomic E-state index is 0.0103. The SMILES string of the molecule is CSc1ccc(/C=C/C(=O)N2CCC(C(=O)N[C@@H](CNS(=O)(=O)c3ccccc3)C(=O)O)CC2)c(Cl)c1Cl. The minimum Gasteiger partial charge on any atom is -0.480 e. The molecule has 0 saturated carbocycles. The Bertz CT molecular complexity index is 1310. The Morgan fingerprint density at radius 3 is 2.37 bits per heavy atom. The predicted octanol–water partition coefficient (Wildman–Crippen LogP) is 3.52. The molecule has 0 aromatic heterocycles. The number of carbonyl (C=O) groups excluding carboxylic acids is 2. The molecule has 1 fully saturated rings. The van der Waals surface area contributed by atoms with Gasteiger partial charge in [-0.2, -0.15) is 0 Å². The average molecular weight is 601 g/mol. The topological polar surface area (TPSA) is 133 Å². The molecule has 0 aliphatic carbocycles. The Balaban J connectivity index is 1.52. The first-order valence-electron chi connectivity index (χ1n) is 11.6. The van der Waals surface area contributed by atoms with Crippen molar-refractivity contribution in [2.24, 2.45) is 5.92 Å². The molecular weight excluding hydrogens is 573 g/mol. The van der Waals surface area contributed by atoms with Crippen molar-refractivity contribution in [1.82, 2.24) is 14.9 Å². The van der Waals surface area contributed by atoms with Gasteiger partial charge in [0.25, 0.3) is 0 Å². The smallest absolute Gasteiger partial charge is 0.327 e. The zero-order valence-electron chi connectivity index (χ0n) is 20.4. The molecule has 1 aliphatic heterocycles. The molecule has 0 unspecified atom stereocenters. The van der Waals surface area contributed by atoms with E-state index in [0.717, 1.165) is 4.90 Å². The Labute approximate surface area is 235 Å². The van der Waals surface area contributed by atoms with Crippen LogP contribution in [0.1, 0.15) is 18.4 Å². The fraction of sp³-hybridized carbons (Fsp3) is 0.320. The van der Waals surface area contributed by atoms with Crippen LogP contribution in [0.5, 0.6) is 0 Å². The number of piperidine rings is 1. The summed E-state index contributed by atoms with van der Waals surface area (Å²) >= 11 is 14.0. The number of carboxylic acid groups (broad SMARTS) is 1. The summed E-state index contributed by atoms with van der Waals surface area (Å²) in [6.07, 6.45) is 5.55. The normalized spacial score (nSPS) is 15.4. The first kappa shape index (κ1) is 30.0. The predicted molar refractivity (Wildman–Crippen MR) is 148 cm³/mol. The van der Waals surface area contributed by atoms with Crippen LogP contribution >= 0.6 is 35.0 Å². The van der Waals surface area contributed by atoms with Crippen LogP contribution in [0.15, 0.2) is 58.3 Å². The Morgan fingerprint density at radius 2 is 1.76 bits per heavy atom. The second-order valence-electron chi connectivity index (χ2n) is 8.48. The minimum atomic E-state index is -3.93. The van der Waals surface area contributed by atoms with Crippen molar-refractivity contribution >= 4 is 68.8 Å². The van der Waals surface area contributed by atoms with E-state index in [9.17, 15) is 27.9 Å². The number of carboxylic acids is 1. The molecule has 13 heteroatoms. The zero-order chi connectivity index (χ0) is 27.9. The highest BCUT2D eigenvalue weighted by molar-refractivity contribution is 7.98. The van der Waals surface area contributed by atoms with Crippen molar-refractivity contribution in [3.8, 4) is 0 Å². The van der Waals surface area contributed by atoms with Crippen LogP contribution in [0.25, 0.3) is 6.08 Å². The van der Waals surface area contributed by atoms with Gasteiger partial charge in [0.2, 0.25) is 21.8 Å². The molecule has 1 saturated heterocycles. The number of rotatable bonds is 10. The van der Waals surface area contributed by atoms with E-state index < -0.39 is 40.4 Å². The van der Waals surface area contributed by atoms with Gasteiger partial charge in [0.05, 0.1) is 14.9 Å². The summed E-state index contributed by atoms with van der Waals surface area (Å²) in [5.41, 5.74) is 0.611. The number of benzene rings is 2. The Hall–Kier alpha value is -2.57. The van der Waals surface area contributed by atoms with Crippen molar-refractivity contribution in [2.75, 3.05) is 25.9 Å². The lowest BCUT2D eigenvalue weighted by Gasteiger charge is -2.31. The number of nitrogens with one attached hydrogen (secondary N) is 2. The van der Waals surface area contributed by atoms with Gasteiger partial charge >= 0.3 is 5.97 Å². The van der Waals surface area contributed by atoms with Gasteiger partial charge in [-0.05, 0) is 48.9 Å². The fourth-order valence-corrected chi connectivity index (χ4v) is 6.07. The number of halogens is 2. The van der Waals surface area contributed by atoms with Crippen molar-refractivity contribution in [3.63, 3.8) is 0 Å². The summed E-state index contributed by atoms with van der Waals surface area (Å²) in [6.45, 7) is 0.101. The molecule has 9 nitrogen and oxygen atoms in total. The van der Waals surface area contributed by atoms with Crippen LogP contribution < -0.4 is 10.0 Å². The molecule has 38 heavy (non-hydrogen) atoms. The van der Waals surface area contributed by atoms with E-state index in [1.54, 1.807) is 35.2 Å². The lowest BCUT2D eigenvalue weighted by atomic mass is 9.95. The van der Waals surface area contributed by atoms with E-state index in [2.05, 4.69) is 10.0 Å².